The minimum Gasteiger partial charge on any atom is -0.377 e. The molecule has 3 N–H and O–H groups in total. The molecule has 1 saturated carbocycles. The molecule has 1 aliphatic carbocycles. The van der Waals surface area contributed by atoms with Gasteiger partial charge in [-0.15, -0.1) is 0 Å². The molecule has 0 heterocycles. The Labute approximate surface area is 123 Å². The summed E-state index contributed by atoms with van der Waals surface area (Å²) < 4.78 is 31.9. The Bertz CT molecular complexity index is 368. The van der Waals surface area contributed by atoms with E-state index in [-0.39, 0.29) is 17.3 Å². The minimum atomic E-state index is -3.18. The van der Waals surface area contributed by atoms with Gasteiger partial charge in [0.15, 0.2) is 0 Å². The topological polar surface area (TPSA) is 81.4 Å². The van der Waals surface area contributed by atoms with E-state index in [0.29, 0.717) is 25.6 Å². The summed E-state index contributed by atoms with van der Waals surface area (Å²) in [5.74, 6) is 0.175. The summed E-state index contributed by atoms with van der Waals surface area (Å²) in [7, 11) is -3.18. The van der Waals surface area contributed by atoms with Crippen molar-refractivity contribution in [3.63, 3.8) is 0 Å². The molecular formula is C14H30N2O3S. The average Bonchev–Trinajstić information content (AvgIpc) is 2.34. The van der Waals surface area contributed by atoms with E-state index >= 15 is 0 Å². The number of sulfonamides is 1. The van der Waals surface area contributed by atoms with E-state index in [1.807, 2.05) is 20.8 Å². The minimum absolute atomic E-state index is 0.0338. The van der Waals surface area contributed by atoms with Gasteiger partial charge in [0.05, 0.1) is 18.5 Å². The van der Waals surface area contributed by atoms with Gasteiger partial charge in [0, 0.05) is 12.6 Å². The van der Waals surface area contributed by atoms with E-state index in [4.69, 9.17) is 10.5 Å². The monoisotopic (exact) mass is 306 g/mol. The first-order valence-electron chi connectivity index (χ1n) is 7.52. The summed E-state index contributed by atoms with van der Waals surface area (Å²) in [6, 6.07) is 0.311. The van der Waals surface area contributed by atoms with Gasteiger partial charge in [-0.25, -0.2) is 13.1 Å². The Balaban J connectivity index is 2.13. The molecule has 1 rings (SSSR count). The van der Waals surface area contributed by atoms with Crippen molar-refractivity contribution in [1.82, 2.24) is 4.72 Å². The molecule has 0 saturated heterocycles. The largest absolute Gasteiger partial charge is 0.377 e. The summed E-state index contributed by atoms with van der Waals surface area (Å²) in [4.78, 5) is 0. The third kappa shape index (κ3) is 8.19. The van der Waals surface area contributed by atoms with E-state index in [9.17, 15) is 8.42 Å². The molecule has 120 valence electrons. The van der Waals surface area contributed by atoms with Crippen LogP contribution in [0.4, 0.5) is 0 Å². The molecule has 1 aliphatic rings. The van der Waals surface area contributed by atoms with Crippen LogP contribution >= 0.6 is 0 Å². The van der Waals surface area contributed by atoms with Gasteiger partial charge in [-0.3, -0.25) is 0 Å². The lowest BCUT2D eigenvalue weighted by Crippen LogP contribution is -2.34. The Morgan fingerprint density at radius 2 is 1.80 bits per heavy atom. The van der Waals surface area contributed by atoms with Gasteiger partial charge in [0.25, 0.3) is 0 Å². The van der Waals surface area contributed by atoms with Crippen molar-refractivity contribution in [1.29, 1.82) is 0 Å². The second-order valence-electron chi connectivity index (χ2n) is 6.93. The smallest absolute Gasteiger partial charge is 0.211 e. The summed E-state index contributed by atoms with van der Waals surface area (Å²) in [6.45, 7) is 6.92. The number of hydrogen-bond donors (Lipinski definition) is 2. The second-order valence-corrected chi connectivity index (χ2v) is 8.86. The predicted octanol–water partition coefficient (Wildman–Crippen LogP) is 1.63. The van der Waals surface area contributed by atoms with Crippen molar-refractivity contribution in [2.45, 2.75) is 65.0 Å². The van der Waals surface area contributed by atoms with Crippen molar-refractivity contribution < 1.29 is 13.2 Å². The third-order valence-corrected chi connectivity index (χ3v) is 5.00. The van der Waals surface area contributed by atoms with E-state index in [1.165, 1.54) is 0 Å². The van der Waals surface area contributed by atoms with Crippen LogP contribution in [0.25, 0.3) is 0 Å². The Morgan fingerprint density at radius 1 is 1.20 bits per heavy atom. The van der Waals surface area contributed by atoms with Crippen LogP contribution in [0.5, 0.6) is 0 Å². The number of rotatable bonds is 7. The second kappa shape index (κ2) is 7.73. The highest BCUT2D eigenvalue weighted by atomic mass is 32.2. The highest BCUT2D eigenvalue weighted by molar-refractivity contribution is 7.89. The van der Waals surface area contributed by atoms with Crippen LogP contribution in [0, 0.1) is 5.41 Å². The Morgan fingerprint density at radius 3 is 2.35 bits per heavy atom. The SMILES string of the molecule is CC(C)(C)CCS(=O)(=O)NCCOC1CCC(N)CC1. The highest BCUT2D eigenvalue weighted by Gasteiger charge is 2.19. The van der Waals surface area contributed by atoms with E-state index in [1.54, 1.807) is 0 Å². The summed E-state index contributed by atoms with van der Waals surface area (Å²) >= 11 is 0. The van der Waals surface area contributed by atoms with Gasteiger partial charge in [0.2, 0.25) is 10.0 Å². The van der Waals surface area contributed by atoms with Crippen molar-refractivity contribution in [3.8, 4) is 0 Å². The molecule has 0 amide bonds. The van der Waals surface area contributed by atoms with Crippen molar-refractivity contribution in [3.05, 3.63) is 0 Å². The number of nitrogens with two attached hydrogens (primary N) is 1. The van der Waals surface area contributed by atoms with Crippen LogP contribution in [0.3, 0.4) is 0 Å². The zero-order valence-corrected chi connectivity index (χ0v) is 13.8. The third-order valence-electron chi connectivity index (χ3n) is 3.62. The summed E-state index contributed by atoms with van der Waals surface area (Å²) in [5, 5.41) is 0. The lowest BCUT2D eigenvalue weighted by molar-refractivity contribution is 0.0287. The predicted molar refractivity (Wildman–Crippen MR) is 82.0 cm³/mol. The van der Waals surface area contributed by atoms with Crippen LogP contribution in [0.1, 0.15) is 52.9 Å². The van der Waals surface area contributed by atoms with Gasteiger partial charge in [-0.1, -0.05) is 20.8 Å². The molecule has 0 unspecified atom stereocenters. The number of hydrogen-bond acceptors (Lipinski definition) is 4. The van der Waals surface area contributed by atoms with E-state index in [0.717, 1.165) is 25.7 Å². The highest BCUT2D eigenvalue weighted by Crippen LogP contribution is 2.20. The van der Waals surface area contributed by atoms with Crippen LogP contribution in [0.2, 0.25) is 0 Å². The maximum Gasteiger partial charge on any atom is 0.211 e. The fourth-order valence-corrected chi connectivity index (χ4v) is 3.61. The van der Waals surface area contributed by atoms with Crippen LogP contribution in [0.15, 0.2) is 0 Å². The standard InChI is InChI=1S/C14H30N2O3S/c1-14(2,3)8-11-20(17,18)16-9-10-19-13-6-4-12(15)5-7-13/h12-13,16H,4-11,15H2,1-3H3. The van der Waals surface area contributed by atoms with Crippen LogP contribution in [-0.4, -0.2) is 39.5 Å². The van der Waals surface area contributed by atoms with Crippen LogP contribution < -0.4 is 10.5 Å². The zero-order valence-electron chi connectivity index (χ0n) is 13.0. The van der Waals surface area contributed by atoms with Crippen molar-refractivity contribution >= 4 is 10.0 Å². The quantitative estimate of drug-likeness (QED) is 0.700. The molecule has 0 spiro atoms. The average molecular weight is 306 g/mol. The van der Waals surface area contributed by atoms with Gasteiger partial charge in [0.1, 0.15) is 0 Å². The molecule has 0 radical (unpaired) electrons. The molecule has 0 aromatic carbocycles. The van der Waals surface area contributed by atoms with E-state index in [2.05, 4.69) is 4.72 Å². The lowest BCUT2D eigenvalue weighted by atomic mass is 9.94. The number of nitrogens with one attached hydrogen (secondary N) is 1. The molecule has 0 atom stereocenters. The number of ether oxygens (including phenoxy) is 1. The molecule has 5 nitrogen and oxygen atoms in total. The fourth-order valence-electron chi connectivity index (χ4n) is 2.19. The molecule has 0 aromatic rings. The van der Waals surface area contributed by atoms with Crippen molar-refractivity contribution in [2.24, 2.45) is 11.1 Å². The Hall–Kier alpha value is -0.170. The summed E-state index contributed by atoms with van der Waals surface area (Å²) in [5.41, 5.74) is 5.86. The lowest BCUT2D eigenvalue weighted by Gasteiger charge is -2.26. The van der Waals surface area contributed by atoms with E-state index < -0.39 is 10.0 Å². The molecule has 0 bridgehead atoms. The normalized spacial score (nSPS) is 24.8. The first kappa shape index (κ1) is 17.9. The van der Waals surface area contributed by atoms with Gasteiger partial charge in [-0.05, 0) is 37.5 Å². The van der Waals surface area contributed by atoms with Gasteiger partial charge in [-0.2, -0.15) is 0 Å². The molecular weight excluding hydrogens is 276 g/mol. The summed E-state index contributed by atoms with van der Waals surface area (Å²) in [6.07, 6.45) is 4.87. The van der Waals surface area contributed by atoms with Gasteiger partial charge >= 0.3 is 0 Å². The Kier molecular flexibility index (Phi) is 6.91. The first-order chi connectivity index (χ1) is 9.18. The van der Waals surface area contributed by atoms with Crippen molar-refractivity contribution in [2.75, 3.05) is 18.9 Å². The fraction of sp³-hybridized carbons (Fsp3) is 1.00. The molecule has 20 heavy (non-hydrogen) atoms. The molecule has 0 aromatic heterocycles. The molecule has 6 heteroatoms. The van der Waals surface area contributed by atoms with Gasteiger partial charge < -0.3 is 10.5 Å². The molecule has 0 aliphatic heterocycles. The van der Waals surface area contributed by atoms with Crippen LogP contribution in [-0.2, 0) is 14.8 Å². The maximum absolute atomic E-state index is 11.8. The molecule has 1 fully saturated rings. The first-order valence-corrected chi connectivity index (χ1v) is 9.18. The maximum atomic E-state index is 11.8. The zero-order chi connectivity index (χ0) is 15.2.